The Morgan fingerprint density at radius 1 is 1.62 bits per heavy atom. The topological polar surface area (TPSA) is 50.2 Å². The summed E-state index contributed by atoms with van der Waals surface area (Å²) >= 11 is 0. The maximum absolute atomic E-state index is 10.2. The first-order chi connectivity index (χ1) is 6.18. The Balaban J connectivity index is 2.59. The summed E-state index contributed by atoms with van der Waals surface area (Å²) in [6.07, 6.45) is 5.12. The number of aryl methyl sites for hydroxylation is 1. The van der Waals surface area contributed by atoms with Crippen LogP contribution in [-0.2, 0) is 4.79 Å². The Labute approximate surface area is 76.7 Å². The molecule has 0 aliphatic heterocycles. The smallest absolute Gasteiger partial charge is 0.307 e. The standard InChI is InChI=1S/C10H11NO2/c1-8-5-6-9(7-11-8)3-2-4-10(12)13/h2-3,5-7H,4H2,1H3,(H,12,13). The van der Waals surface area contributed by atoms with Crippen molar-refractivity contribution in [2.75, 3.05) is 0 Å². The summed E-state index contributed by atoms with van der Waals surface area (Å²) in [6, 6.07) is 3.79. The average Bonchev–Trinajstić information content (AvgIpc) is 2.08. The van der Waals surface area contributed by atoms with E-state index in [0.29, 0.717) is 0 Å². The molecule has 0 radical (unpaired) electrons. The lowest BCUT2D eigenvalue weighted by Gasteiger charge is -1.92. The van der Waals surface area contributed by atoms with Crippen LogP contribution in [0, 0.1) is 6.92 Å². The van der Waals surface area contributed by atoms with Gasteiger partial charge in [-0.15, -0.1) is 0 Å². The van der Waals surface area contributed by atoms with Crippen LogP contribution in [0.5, 0.6) is 0 Å². The van der Waals surface area contributed by atoms with Gasteiger partial charge in [0.1, 0.15) is 0 Å². The summed E-state index contributed by atoms with van der Waals surface area (Å²) in [5.74, 6) is -0.823. The number of hydrogen-bond acceptors (Lipinski definition) is 2. The second-order valence-electron chi connectivity index (χ2n) is 2.73. The molecule has 3 nitrogen and oxygen atoms in total. The molecule has 68 valence electrons. The van der Waals surface area contributed by atoms with Gasteiger partial charge in [0.25, 0.3) is 0 Å². The fourth-order valence-electron chi connectivity index (χ4n) is 0.874. The van der Waals surface area contributed by atoms with E-state index in [4.69, 9.17) is 5.11 Å². The van der Waals surface area contributed by atoms with Crippen LogP contribution in [0.1, 0.15) is 17.7 Å². The predicted molar refractivity (Wildman–Crippen MR) is 50.3 cm³/mol. The first-order valence-corrected chi connectivity index (χ1v) is 3.99. The highest BCUT2D eigenvalue weighted by Crippen LogP contribution is 2.02. The zero-order valence-corrected chi connectivity index (χ0v) is 7.40. The molecule has 0 atom stereocenters. The van der Waals surface area contributed by atoms with Crippen molar-refractivity contribution in [2.45, 2.75) is 13.3 Å². The highest BCUT2D eigenvalue weighted by Gasteiger charge is 1.90. The van der Waals surface area contributed by atoms with Crippen LogP contribution in [0.3, 0.4) is 0 Å². The lowest BCUT2D eigenvalue weighted by molar-refractivity contribution is -0.135. The van der Waals surface area contributed by atoms with E-state index in [1.807, 2.05) is 19.1 Å². The molecule has 0 saturated heterocycles. The SMILES string of the molecule is Cc1ccc(C=CCC(=O)O)cn1. The molecule has 0 spiro atoms. The second kappa shape index (κ2) is 4.40. The van der Waals surface area contributed by atoms with Gasteiger partial charge in [-0.1, -0.05) is 18.2 Å². The third-order valence-corrected chi connectivity index (χ3v) is 1.54. The van der Waals surface area contributed by atoms with Crippen LogP contribution in [-0.4, -0.2) is 16.1 Å². The lowest BCUT2D eigenvalue weighted by atomic mass is 10.2. The molecule has 1 aromatic heterocycles. The number of carboxylic acid groups (broad SMARTS) is 1. The van der Waals surface area contributed by atoms with Crippen LogP contribution in [0.2, 0.25) is 0 Å². The van der Waals surface area contributed by atoms with E-state index in [2.05, 4.69) is 4.98 Å². The van der Waals surface area contributed by atoms with Crippen molar-refractivity contribution >= 4 is 12.0 Å². The molecule has 1 N–H and O–H groups in total. The molecule has 0 aromatic carbocycles. The Bertz CT molecular complexity index is 314. The van der Waals surface area contributed by atoms with E-state index in [1.165, 1.54) is 0 Å². The zero-order chi connectivity index (χ0) is 9.68. The Morgan fingerprint density at radius 2 is 2.38 bits per heavy atom. The number of aliphatic carboxylic acids is 1. The third kappa shape index (κ3) is 3.51. The van der Waals surface area contributed by atoms with Gasteiger partial charge >= 0.3 is 5.97 Å². The molecular formula is C10H11NO2. The van der Waals surface area contributed by atoms with Gasteiger partial charge in [-0.2, -0.15) is 0 Å². The Kier molecular flexibility index (Phi) is 3.20. The second-order valence-corrected chi connectivity index (χ2v) is 2.73. The van der Waals surface area contributed by atoms with E-state index in [-0.39, 0.29) is 6.42 Å². The van der Waals surface area contributed by atoms with Crippen molar-refractivity contribution in [1.82, 2.24) is 4.98 Å². The molecule has 1 aromatic rings. The fourth-order valence-corrected chi connectivity index (χ4v) is 0.874. The first kappa shape index (κ1) is 9.45. The minimum absolute atomic E-state index is 0.0495. The van der Waals surface area contributed by atoms with Gasteiger partial charge in [-0.3, -0.25) is 9.78 Å². The summed E-state index contributed by atoms with van der Waals surface area (Å²) in [5, 5.41) is 8.37. The summed E-state index contributed by atoms with van der Waals surface area (Å²) in [5.41, 5.74) is 1.88. The molecular weight excluding hydrogens is 166 g/mol. The first-order valence-electron chi connectivity index (χ1n) is 3.99. The third-order valence-electron chi connectivity index (χ3n) is 1.54. The highest BCUT2D eigenvalue weighted by molar-refractivity contribution is 5.70. The zero-order valence-electron chi connectivity index (χ0n) is 7.40. The van der Waals surface area contributed by atoms with Gasteiger partial charge in [0, 0.05) is 11.9 Å². The van der Waals surface area contributed by atoms with Gasteiger partial charge in [0.2, 0.25) is 0 Å². The highest BCUT2D eigenvalue weighted by atomic mass is 16.4. The Morgan fingerprint density at radius 3 is 2.92 bits per heavy atom. The quantitative estimate of drug-likeness (QED) is 0.766. The molecule has 0 unspecified atom stereocenters. The van der Waals surface area contributed by atoms with Crippen LogP contribution < -0.4 is 0 Å². The van der Waals surface area contributed by atoms with Gasteiger partial charge in [0.05, 0.1) is 6.42 Å². The van der Waals surface area contributed by atoms with Crippen molar-refractivity contribution in [3.05, 3.63) is 35.7 Å². The molecule has 1 heterocycles. The van der Waals surface area contributed by atoms with Crippen molar-refractivity contribution in [3.63, 3.8) is 0 Å². The molecule has 1 rings (SSSR count). The van der Waals surface area contributed by atoms with E-state index < -0.39 is 5.97 Å². The number of rotatable bonds is 3. The molecule has 0 amide bonds. The minimum Gasteiger partial charge on any atom is -0.481 e. The van der Waals surface area contributed by atoms with Crippen molar-refractivity contribution in [1.29, 1.82) is 0 Å². The molecule has 13 heavy (non-hydrogen) atoms. The molecule has 0 fully saturated rings. The van der Waals surface area contributed by atoms with Crippen LogP contribution in [0.25, 0.3) is 6.08 Å². The average molecular weight is 177 g/mol. The van der Waals surface area contributed by atoms with Gasteiger partial charge < -0.3 is 5.11 Å². The number of aromatic nitrogens is 1. The molecule has 3 heteroatoms. The number of carbonyl (C=O) groups is 1. The minimum atomic E-state index is -0.823. The molecule has 0 aliphatic carbocycles. The van der Waals surface area contributed by atoms with E-state index in [1.54, 1.807) is 18.3 Å². The van der Waals surface area contributed by atoms with Crippen molar-refractivity contribution < 1.29 is 9.90 Å². The largest absolute Gasteiger partial charge is 0.481 e. The number of nitrogens with zero attached hydrogens (tertiary/aromatic N) is 1. The fraction of sp³-hybridized carbons (Fsp3) is 0.200. The van der Waals surface area contributed by atoms with Crippen molar-refractivity contribution in [2.24, 2.45) is 0 Å². The van der Waals surface area contributed by atoms with E-state index in [0.717, 1.165) is 11.3 Å². The number of hydrogen-bond donors (Lipinski definition) is 1. The monoisotopic (exact) mass is 177 g/mol. The summed E-state index contributed by atoms with van der Waals surface area (Å²) in [7, 11) is 0. The molecule has 0 aliphatic rings. The maximum atomic E-state index is 10.2. The van der Waals surface area contributed by atoms with Gasteiger partial charge in [0.15, 0.2) is 0 Å². The van der Waals surface area contributed by atoms with Gasteiger partial charge in [-0.25, -0.2) is 0 Å². The van der Waals surface area contributed by atoms with Crippen LogP contribution >= 0.6 is 0 Å². The number of carboxylic acids is 1. The lowest BCUT2D eigenvalue weighted by Crippen LogP contribution is -1.89. The van der Waals surface area contributed by atoms with Gasteiger partial charge in [-0.05, 0) is 18.6 Å². The summed E-state index contributed by atoms with van der Waals surface area (Å²) < 4.78 is 0. The van der Waals surface area contributed by atoms with Crippen LogP contribution in [0.4, 0.5) is 0 Å². The van der Waals surface area contributed by atoms with E-state index >= 15 is 0 Å². The van der Waals surface area contributed by atoms with Crippen LogP contribution in [0.15, 0.2) is 24.4 Å². The van der Waals surface area contributed by atoms with Crippen molar-refractivity contribution in [3.8, 4) is 0 Å². The number of pyridine rings is 1. The normalized spacial score (nSPS) is 10.5. The van der Waals surface area contributed by atoms with E-state index in [9.17, 15) is 4.79 Å². The maximum Gasteiger partial charge on any atom is 0.307 e. The predicted octanol–water partition coefficient (Wildman–Crippen LogP) is 1.88. The molecule has 0 bridgehead atoms. The Hall–Kier alpha value is -1.64. The summed E-state index contributed by atoms with van der Waals surface area (Å²) in [6.45, 7) is 1.91. The molecule has 0 saturated carbocycles. The summed E-state index contributed by atoms with van der Waals surface area (Å²) in [4.78, 5) is 14.3.